The van der Waals surface area contributed by atoms with E-state index in [4.69, 9.17) is 4.74 Å². The van der Waals surface area contributed by atoms with Gasteiger partial charge < -0.3 is 10.1 Å². The number of ether oxygens (including phenoxy) is 1. The predicted octanol–water partition coefficient (Wildman–Crippen LogP) is 4.56. The van der Waals surface area contributed by atoms with Crippen molar-refractivity contribution in [2.45, 2.75) is 6.92 Å². The molecular weight excluding hydrogens is 382 g/mol. The molecule has 0 fully saturated rings. The van der Waals surface area contributed by atoms with Crippen molar-refractivity contribution in [3.63, 3.8) is 0 Å². The Morgan fingerprint density at radius 2 is 1.92 bits per heavy atom. The summed E-state index contributed by atoms with van der Waals surface area (Å²) in [6, 6.07) is 18.3. The third-order valence-corrected chi connectivity index (χ3v) is 3.93. The second-order valence-electron chi connectivity index (χ2n) is 5.24. The van der Waals surface area contributed by atoms with Gasteiger partial charge in [-0.15, -0.1) is 10.2 Å². The number of anilines is 1. The fourth-order valence-electron chi connectivity index (χ4n) is 2.29. The fourth-order valence-corrected chi connectivity index (χ4v) is 2.69. The quantitative estimate of drug-likeness (QED) is 0.685. The van der Waals surface area contributed by atoms with Gasteiger partial charge in [0.25, 0.3) is 5.91 Å². The minimum absolute atomic E-state index is 0.170. The largest absolute Gasteiger partial charge is 0.477 e. The van der Waals surface area contributed by atoms with Crippen LogP contribution in [0.1, 0.15) is 17.3 Å². The minimum Gasteiger partial charge on any atom is -0.477 e. The van der Waals surface area contributed by atoms with Gasteiger partial charge in [0, 0.05) is 27.4 Å². The van der Waals surface area contributed by atoms with Crippen LogP contribution >= 0.6 is 15.9 Å². The van der Waals surface area contributed by atoms with Crippen LogP contribution in [0.5, 0.6) is 5.88 Å². The number of aromatic nitrogens is 2. The van der Waals surface area contributed by atoms with E-state index in [1.165, 1.54) is 0 Å². The Labute approximate surface area is 154 Å². The second-order valence-corrected chi connectivity index (χ2v) is 6.15. The van der Waals surface area contributed by atoms with E-state index in [-0.39, 0.29) is 5.91 Å². The summed E-state index contributed by atoms with van der Waals surface area (Å²) in [5.41, 5.74) is 2.85. The molecule has 6 heteroatoms. The Bertz CT molecular complexity index is 882. The molecule has 0 saturated carbocycles. The molecule has 0 bridgehead atoms. The number of carbonyl (C=O) groups excluding carboxylic acids is 1. The molecule has 0 aliphatic rings. The van der Waals surface area contributed by atoms with E-state index in [2.05, 4.69) is 31.4 Å². The van der Waals surface area contributed by atoms with Crippen LogP contribution in [-0.2, 0) is 0 Å². The second kappa shape index (κ2) is 7.90. The Balaban J connectivity index is 1.78. The molecule has 0 saturated heterocycles. The number of hydrogen-bond acceptors (Lipinski definition) is 4. The van der Waals surface area contributed by atoms with Crippen LogP contribution in [0.15, 0.2) is 65.1 Å². The Hall–Kier alpha value is -2.73. The van der Waals surface area contributed by atoms with E-state index in [9.17, 15) is 4.79 Å². The monoisotopic (exact) mass is 397 g/mol. The molecule has 0 aliphatic carbocycles. The summed E-state index contributed by atoms with van der Waals surface area (Å²) >= 11 is 3.37. The lowest BCUT2D eigenvalue weighted by Crippen LogP contribution is -2.11. The molecule has 5 nitrogen and oxygen atoms in total. The molecule has 3 aromatic rings. The molecular formula is C19H16BrN3O2. The van der Waals surface area contributed by atoms with Crippen molar-refractivity contribution in [3.05, 3.63) is 70.7 Å². The molecule has 0 radical (unpaired) electrons. The summed E-state index contributed by atoms with van der Waals surface area (Å²) in [5, 5.41) is 11.1. The first-order valence-electron chi connectivity index (χ1n) is 7.79. The summed E-state index contributed by atoms with van der Waals surface area (Å²) in [7, 11) is 0. The lowest BCUT2D eigenvalue weighted by atomic mass is 10.1. The lowest BCUT2D eigenvalue weighted by Gasteiger charge is -2.08. The molecule has 0 spiro atoms. The maximum absolute atomic E-state index is 12.4. The summed E-state index contributed by atoms with van der Waals surface area (Å²) in [5.74, 6) is 0.321. The van der Waals surface area contributed by atoms with Crippen molar-refractivity contribution in [1.29, 1.82) is 0 Å². The van der Waals surface area contributed by atoms with Gasteiger partial charge in [0.15, 0.2) is 0 Å². The number of hydrogen-bond donors (Lipinski definition) is 1. The topological polar surface area (TPSA) is 64.1 Å². The zero-order valence-corrected chi connectivity index (χ0v) is 15.2. The Kier molecular flexibility index (Phi) is 5.40. The number of nitrogens with zero attached hydrogens (tertiary/aromatic N) is 2. The van der Waals surface area contributed by atoms with Crippen molar-refractivity contribution >= 4 is 27.5 Å². The molecule has 0 atom stereocenters. The SMILES string of the molecule is CCOc1ccc(-c2cccc(NC(=O)c3cccc(Br)c3)c2)nn1. The molecule has 1 N–H and O–H groups in total. The van der Waals surface area contributed by atoms with Gasteiger partial charge in [-0.3, -0.25) is 4.79 Å². The number of benzene rings is 2. The van der Waals surface area contributed by atoms with E-state index in [0.29, 0.717) is 29.4 Å². The van der Waals surface area contributed by atoms with Crippen molar-refractivity contribution in [3.8, 4) is 17.1 Å². The molecule has 2 aromatic carbocycles. The van der Waals surface area contributed by atoms with Crippen molar-refractivity contribution in [2.75, 3.05) is 11.9 Å². The highest BCUT2D eigenvalue weighted by atomic mass is 79.9. The van der Waals surface area contributed by atoms with Crippen LogP contribution in [0, 0.1) is 0 Å². The Morgan fingerprint density at radius 1 is 1.08 bits per heavy atom. The molecule has 126 valence electrons. The summed E-state index contributed by atoms with van der Waals surface area (Å²) in [6.45, 7) is 2.44. The molecule has 0 aliphatic heterocycles. The van der Waals surface area contributed by atoms with Gasteiger partial charge in [-0.1, -0.05) is 34.1 Å². The molecule has 25 heavy (non-hydrogen) atoms. The number of amides is 1. The third-order valence-electron chi connectivity index (χ3n) is 3.44. The fraction of sp³-hybridized carbons (Fsp3) is 0.105. The zero-order valence-electron chi connectivity index (χ0n) is 13.6. The van der Waals surface area contributed by atoms with Crippen molar-refractivity contribution < 1.29 is 9.53 Å². The molecule has 3 rings (SSSR count). The minimum atomic E-state index is -0.170. The van der Waals surface area contributed by atoms with E-state index in [1.54, 1.807) is 18.2 Å². The first-order valence-corrected chi connectivity index (χ1v) is 8.59. The molecule has 1 heterocycles. The predicted molar refractivity (Wildman–Crippen MR) is 101 cm³/mol. The van der Waals surface area contributed by atoms with E-state index >= 15 is 0 Å². The van der Waals surface area contributed by atoms with Gasteiger partial charge in [0.05, 0.1) is 12.3 Å². The number of rotatable bonds is 5. The van der Waals surface area contributed by atoms with Crippen LogP contribution in [0.3, 0.4) is 0 Å². The highest BCUT2D eigenvalue weighted by Crippen LogP contribution is 2.22. The van der Waals surface area contributed by atoms with Crippen LogP contribution < -0.4 is 10.1 Å². The molecule has 1 amide bonds. The standard InChI is InChI=1S/C19H16BrN3O2/c1-2-25-18-10-9-17(22-23-18)13-5-4-8-16(12-13)21-19(24)14-6-3-7-15(20)11-14/h3-12H,2H2,1H3,(H,21,24). The summed E-state index contributed by atoms with van der Waals surface area (Å²) < 4.78 is 6.16. The Morgan fingerprint density at radius 3 is 2.64 bits per heavy atom. The summed E-state index contributed by atoms with van der Waals surface area (Å²) in [6.07, 6.45) is 0. The first-order chi connectivity index (χ1) is 12.2. The van der Waals surface area contributed by atoms with Crippen LogP contribution in [-0.4, -0.2) is 22.7 Å². The first kappa shape index (κ1) is 17.1. The van der Waals surface area contributed by atoms with E-state index < -0.39 is 0 Å². The maximum Gasteiger partial charge on any atom is 0.255 e. The number of carbonyl (C=O) groups is 1. The van der Waals surface area contributed by atoms with Crippen LogP contribution in [0.2, 0.25) is 0 Å². The zero-order chi connectivity index (χ0) is 17.6. The van der Waals surface area contributed by atoms with Gasteiger partial charge in [-0.25, -0.2) is 0 Å². The smallest absolute Gasteiger partial charge is 0.255 e. The highest BCUT2D eigenvalue weighted by Gasteiger charge is 2.08. The average molecular weight is 398 g/mol. The van der Waals surface area contributed by atoms with Gasteiger partial charge in [-0.05, 0) is 43.3 Å². The van der Waals surface area contributed by atoms with E-state index in [1.807, 2.05) is 49.4 Å². The van der Waals surface area contributed by atoms with E-state index in [0.717, 1.165) is 10.0 Å². The van der Waals surface area contributed by atoms with Crippen LogP contribution in [0.25, 0.3) is 11.3 Å². The normalized spacial score (nSPS) is 10.3. The average Bonchev–Trinajstić information content (AvgIpc) is 2.63. The van der Waals surface area contributed by atoms with Gasteiger partial charge in [0.2, 0.25) is 5.88 Å². The summed E-state index contributed by atoms with van der Waals surface area (Å²) in [4.78, 5) is 12.4. The number of nitrogens with one attached hydrogen (secondary N) is 1. The van der Waals surface area contributed by atoms with Crippen molar-refractivity contribution in [2.24, 2.45) is 0 Å². The van der Waals surface area contributed by atoms with Crippen LogP contribution in [0.4, 0.5) is 5.69 Å². The third kappa shape index (κ3) is 4.42. The van der Waals surface area contributed by atoms with Gasteiger partial charge in [-0.2, -0.15) is 0 Å². The number of halogens is 1. The van der Waals surface area contributed by atoms with Gasteiger partial charge in [0.1, 0.15) is 0 Å². The maximum atomic E-state index is 12.4. The lowest BCUT2D eigenvalue weighted by molar-refractivity contribution is 0.102. The van der Waals surface area contributed by atoms with Crippen molar-refractivity contribution in [1.82, 2.24) is 10.2 Å². The highest BCUT2D eigenvalue weighted by molar-refractivity contribution is 9.10. The molecule has 1 aromatic heterocycles. The molecule has 0 unspecified atom stereocenters. The van der Waals surface area contributed by atoms with Gasteiger partial charge >= 0.3 is 0 Å².